The fraction of sp³-hybridized carbons (Fsp3) is 0.462. The summed E-state index contributed by atoms with van der Waals surface area (Å²) in [7, 11) is 1.87. The lowest BCUT2D eigenvalue weighted by Crippen LogP contribution is -2.27. The predicted molar refractivity (Wildman–Crippen MR) is 68.4 cm³/mol. The normalized spacial score (nSPS) is 14.0. The van der Waals surface area contributed by atoms with E-state index in [1.165, 1.54) is 0 Å². The van der Waals surface area contributed by atoms with E-state index >= 15 is 0 Å². The van der Waals surface area contributed by atoms with E-state index in [4.69, 9.17) is 5.11 Å². The number of hydrogen-bond donors (Lipinski definition) is 2. The highest BCUT2D eigenvalue weighted by molar-refractivity contribution is 6.01. The average molecular weight is 234 g/mol. The Morgan fingerprint density at radius 3 is 2.94 bits per heavy atom. The van der Waals surface area contributed by atoms with Crippen molar-refractivity contribution >= 4 is 17.3 Å². The second-order valence-electron chi connectivity index (χ2n) is 4.25. The minimum absolute atomic E-state index is 0.159. The van der Waals surface area contributed by atoms with Gasteiger partial charge in [-0.1, -0.05) is 0 Å². The van der Waals surface area contributed by atoms with Gasteiger partial charge in [-0.05, 0) is 36.6 Å². The van der Waals surface area contributed by atoms with Gasteiger partial charge in [0.15, 0.2) is 0 Å². The Morgan fingerprint density at radius 2 is 2.24 bits per heavy atom. The van der Waals surface area contributed by atoms with Gasteiger partial charge in [0.2, 0.25) is 5.91 Å². The Labute approximate surface area is 101 Å². The third-order valence-corrected chi connectivity index (χ3v) is 3.09. The molecular weight excluding hydrogens is 216 g/mol. The van der Waals surface area contributed by atoms with E-state index in [9.17, 15) is 4.79 Å². The fourth-order valence-corrected chi connectivity index (χ4v) is 2.17. The van der Waals surface area contributed by atoms with Crippen LogP contribution in [0.5, 0.6) is 0 Å². The minimum Gasteiger partial charge on any atom is -0.396 e. The van der Waals surface area contributed by atoms with Gasteiger partial charge >= 0.3 is 0 Å². The molecule has 1 aromatic rings. The summed E-state index contributed by atoms with van der Waals surface area (Å²) >= 11 is 0. The first-order valence-electron chi connectivity index (χ1n) is 5.98. The number of anilines is 2. The first-order chi connectivity index (χ1) is 8.26. The lowest BCUT2D eigenvalue weighted by atomic mass is 10.1. The first-order valence-corrected chi connectivity index (χ1v) is 5.98. The zero-order chi connectivity index (χ0) is 12.3. The Hall–Kier alpha value is -1.55. The predicted octanol–water partition coefficient (Wildman–Crippen LogP) is 1.39. The number of fused-ring (bicyclic) bond motifs is 1. The maximum Gasteiger partial charge on any atom is 0.231 e. The largest absolute Gasteiger partial charge is 0.396 e. The van der Waals surface area contributed by atoms with E-state index in [1.54, 1.807) is 0 Å². The van der Waals surface area contributed by atoms with Crippen molar-refractivity contribution in [3.05, 3.63) is 23.8 Å². The number of hydrogen-bond acceptors (Lipinski definition) is 3. The highest BCUT2D eigenvalue weighted by Gasteiger charge is 2.26. The van der Waals surface area contributed by atoms with Gasteiger partial charge in [-0.3, -0.25) is 4.79 Å². The van der Waals surface area contributed by atoms with E-state index in [0.29, 0.717) is 13.0 Å². The molecule has 0 saturated heterocycles. The first kappa shape index (κ1) is 11.9. The molecule has 0 saturated carbocycles. The van der Waals surface area contributed by atoms with Crippen LogP contribution in [0.3, 0.4) is 0 Å². The lowest BCUT2D eigenvalue weighted by molar-refractivity contribution is -0.117. The summed E-state index contributed by atoms with van der Waals surface area (Å²) in [5.74, 6) is 0.159. The maximum atomic E-state index is 11.9. The monoisotopic (exact) mass is 234 g/mol. The third kappa shape index (κ3) is 2.42. The molecule has 0 aromatic heterocycles. The minimum atomic E-state index is 0.159. The second kappa shape index (κ2) is 5.19. The molecular formula is C13H18N2O2. The number of aliphatic hydroxyl groups is 1. The number of aliphatic hydroxyl groups excluding tert-OH is 1. The van der Waals surface area contributed by atoms with Gasteiger partial charge in [-0.15, -0.1) is 0 Å². The maximum absolute atomic E-state index is 11.9. The molecule has 92 valence electrons. The summed E-state index contributed by atoms with van der Waals surface area (Å²) in [5, 5.41) is 11.8. The molecule has 0 spiro atoms. The van der Waals surface area contributed by atoms with Crippen molar-refractivity contribution in [3.8, 4) is 0 Å². The van der Waals surface area contributed by atoms with Crippen LogP contribution in [0.25, 0.3) is 0 Å². The number of rotatable bonds is 5. The van der Waals surface area contributed by atoms with Crippen LogP contribution in [0.1, 0.15) is 18.4 Å². The number of unbranched alkanes of at least 4 members (excludes halogenated alkanes) is 1. The van der Waals surface area contributed by atoms with Gasteiger partial charge in [-0.25, -0.2) is 0 Å². The molecule has 1 aliphatic heterocycles. The number of carbonyl (C=O) groups excluding carboxylic acids is 1. The van der Waals surface area contributed by atoms with Gasteiger partial charge < -0.3 is 15.3 Å². The van der Waals surface area contributed by atoms with Crippen molar-refractivity contribution in [2.75, 3.05) is 30.4 Å². The van der Waals surface area contributed by atoms with Gasteiger partial charge in [0.25, 0.3) is 0 Å². The third-order valence-electron chi connectivity index (χ3n) is 3.09. The average Bonchev–Trinajstić information content (AvgIpc) is 2.65. The topological polar surface area (TPSA) is 52.6 Å². The van der Waals surface area contributed by atoms with Crippen LogP contribution in [0, 0.1) is 0 Å². The summed E-state index contributed by atoms with van der Waals surface area (Å²) in [6, 6.07) is 6.00. The van der Waals surface area contributed by atoms with Crippen LogP contribution in [0.4, 0.5) is 11.4 Å². The molecule has 17 heavy (non-hydrogen) atoms. The standard InChI is InChI=1S/C13H18N2O2/c1-14-11-4-5-12-10(8-11)9-13(17)15(12)6-2-3-7-16/h4-5,8,14,16H,2-3,6-7,9H2,1H3. The zero-order valence-corrected chi connectivity index (χ0v) is 10.1. The van der Waals surface area contributed by atoms with Crippen molar-refractivity contribution in [2.45, 2.75) is 19.3 Å². The number of nitrogens with zero attached hydrogens (tertiary/aromatic N) is 1. The summed E-state index contributed by atoms with van der Waals surface area (Å²) in [6.45, 7) is 0.888. The Balaban J connectivity index is 2.13. The van der Waals surface area contributed by atoms with Gasteiger partial charge in [-0.2, -0.15) is 0 Å². The zero-order valence-electron chi connectivity index (χ0n) is 10.1. The molecule has 0 unspecified atom stereocenters. The van der Waals surface area contributed by atoms with Crippen molar-refractivity contribution < 1.29 is 9.90 Å². The summed E-state index contributed by atoms with van der Waals surface area (Å²) in [4.78, 5) is 13.7. The van der Waals surface area contributed by atoms with Crippen LogP contribution in [-0.4, -0.2) is 31.2 Å². The molecule has 0 bridgehead atoms. The van der Waals surface area contributed by atoms with Gasteiger partial charge in [0, 0.05) is 31.6 Å². The van der Waals surface area contributed by atoms with E-state index in [1.807, 2.05) is 30.1 Å². The number of amides is 1. The van der Waals surface area contributed by atoms with E-state index in [0.717, 1.165) is 29.8 Å². The highest BCUT2D eigenvalue weighted by Crippen LogP contribution is 2.31. The van der Waals surface area contributed by atoms with Gasteiger partial charge in [0.1, 0.15) is 0 Å². The SMILES string of the molecule is CNc1ccc2c(c1)CC(=O)N2CCCCO. The number of benzene rings is 1. The summed E-state index contributed by atoms with van der Waals surface area (Å²) in [6.07, 6.45) is 2.08. The fourth-order valence-electron chi connectivity index (χ4n) is 2.17. The molecule has 1 amide bonds. The van der Waals surface area contributed by atoms with Crippen molar-refractivity contribution in [3.63, 3.8) is 0 Å². The van der Waals surface area contributed by atoms with Crippen LogP contribution in [0.2, 0.25) is 0 Å². The van der Waals surface area contributed by atoms with Crippen LogP contribution < -0.4 is 10.2 Å². The van der Waals surface area contributed by atoms with Crippen molar-refractivity contribution in [1.29, 1.82) is 0 Å². The van der Waals surface area contributed by atoms with Crippen molar-refractivity contribution in [1.82, 2.24) is 0 Å². The smallest absolute Gasteiger partial charge is 0.231 e. The van der Waals surface area contributed by atoms with Crippen molar-refractivity contribution in [2.24, 2.45) is 0 Å². The molecule has 4 heteroatoms. The molecule has 2 rings (SSSR count). The molecule has 0 radical (unpaired) electrons. The van der Waals surface area contributed by atoms with E-state index < -0.39 is 0 Å². The molecule has 1 aromatic carbocycles. The lowest BCUT2D eigenvalue weighted by Gasteiger charge is -2.17. The van der Waals surface area contributed by atoms with Crippen LogP contribution >= 0.6 is 0 Å². The van der Waals surface area contributed by atoms with Crippen LogP contribution in [0.15, 0.2) is 18.2 Å². The second-order valence-corrected chi connectivity index (χ2v) is 4.25. The quantitative estimate of drug-likeness (QED) is 0.757. The molecule has 0 fully saturated rings. The molecule has 0 atom stereocenters. The molecule has 2 N–H and O–H groups in total. The Kier molecular flexibility index (Phi) is 3.64. The Bertz CT molecular complexity index is 418. The highest BCUT2D eigenvalue weighted by atomic mass is 16.3. The molecule has 1 aliphatic rings. The van der Waals surface area contributed by atoms with Crippen LogP contribution in [-0.2, 0) is 11.2 Å². The van der Waals surface area contributed by atoms with Gasteiger partial charge in [0.05, 0.1) is 6.42 Å². The number of nitrogens with one attached hydrogen (secondary N) is 1. The molecule has 0 aliphatic carbocycles. The van der Waals surface area contributed by atoms with E-state index in [-0.39, 0.29) is 12.5 Å². The summed E-state index contributed by atoms with van der Waals surface area (Å²) < 4.78 is 0. The number of carbonyl (C=O) groups is 1. The summed E-state index contributed by atoms with van der Waals surface area (Å²) in [5.41, 5.74) is 3.14. The molecule has 1 heterocycles. The Morgan fingerprint density at radius 1 is 1.41 bits per heavy atom. The molecule has 4 nitrogen and oxygen atoms in total. The van der Waals surface area contributed by atoms with E-state index in [2.05, 4.69) is 5.32 Å².